The molecule has 0 aliphatic carbocycles. The smallest absolute Gasteiger partial charge is 0.326 e. The average Bonchev–Trinajstić information content (AvgIpc) is 2.24. The lowest BCUT2D eigenvalue weighted by molar-refractivity contribution is -0.137. The lowest BCUT2D eigenvalue weighted by Gasteiger charge is -2.16. The molecule has 1 aromatic carbocycles. The molecule has 17 heavy (non-hydrogen) atoms. The molecule has 2 N–H and O–H groups in total. The molecule has 0 fully saturated rings. The number of nitrogens with one attached hydrogen (secondary N) is 1. The van der Waals surface area contributed by atoms with Crippen LogP contribution in [0.25, 0.3) is 0 Å². The van der Waals surface area contributed by atoms with E-state index >= 15 is 0 Å². The summed E-state index contributed by atoms with van der Waals surface area (Å²) in [6.07, 6.45) is 1.86. The highest BCUT2D eigenvalue weighted by molar-refractivity contribution is 14.1. The van der Waals surface area contributed by atoms with Gasteiger partial charge in [-0.15, -0.1) is 6.58 Å². The van der Waals surface area contributed by atoms with Gasteiger partial charge in [-0.2, -0.15) is 0 Å². The zero-order valence-electron chi connectivity index (χ0n) is 8.71. The van der Waals surface area contributed by atoms with E-state index in [1.807, 2.05) is 22.6 Å². The summed E-state index contributed by atoms with van der Waals surface area (Å²) in [5.41, 5.74) is 0.609. The molecule has 0 heterocycles. The van der Waals surface area contributed by atoms with Crippen LogP contribution in [0.2, 0.25) is 10.0 Å². The minimum absolute atomic E-state index is 0.315. The maximum Gasteiger partial charge on any atom is 0.326 e. The lowest BCUT2D eigenvalue weighted by atomic mass is 10.2. The van der Waals surface area contributed by atoms with Crippen LogP contribution in [0, 0.1) is 3.57 Å². The van der Waals surface area contributed by atoms with Gasteiger partial charge in [0.2, 0.25) is 0 Å². The molecule has 3 nitrogen and oxygen atoms in total. The third-order valence-electron chi connectivity index (χ3n) is 2.02. The number of benzene rings is 1. The Labute approximate surface area is 123 Å². The van der Waals surface area contributed by atoms with E-state index in [4.69, 9.17) is 28.3 Å². The summed E-state index contributed by atoms with van der Waals surface area (Å²) in [6.45, 7) is 3.52. The normalized spacial score (nSPS) is 11.9. The maximum atomic E-state index is 11.0. The molecule has 0 saturated carbocycles. The van der Waals surface area contributed by atoms with Crippen LogP contribution in [0.1, 0.15) is 6.42 Å². The van der Waals surface area contributed by atoms with Crippen LogP contribution in [0.15, 0.2) is 24.8 Å². The van der Waals surface area contributed by atoms with E-state index < -0.39 is 12.0 Å². The van der Waals surface area contributed by atoms with Gasteiger partial charge in [0.1, 0.15) is 6.04 Å². The van der Waals surface area contributed by atoms with Crippen molar-refractivity contribution in [1.29, 1.82) is 0 Å². The van der Waals surface area contributed by atoms with E-state index in [9.17, 15) is 4.79 Å². The molecular weight excluding hydrogens is 376 g/mol. The van der Waals surface area contributed by atoms with Crippen molar-refractivity contribution in [2.75, 3.05) is 5.32 Å². The zero-order chi connectivity index (χ0) is 13.0. The Hall–Kier alpha value is -0.460. The number of hydrogen-bond acceptors (Lipinski definition) is 2. The molecule has 0 spiro atoms. The van der Waals surface area contributed by atoms with Crippen LogP contribution in [-0.4, -0.2) is 17.1 Å². The summed E-state index contributed by atoms with van der Waals surface area (Å²) in [4.78, 5) is 11.0. The average molecular weight is 386 g/mol. The van der Waals surface area contributed by atoms with Crippen molar-refractivity contribution in [2.24, 2.45) is 0 Å². The molecule has 0 aromatic heterocycles. The van der Waals surface area contributed by atoms with Gasteiger partial charge in [-0.05, 0) is 41.1 Å². The second-order valence-corrected chi connectivity index (χ2v) is 5.23. The van der Waals surface area contributed by atoms with Gasteiger partial charge in [-0.3, -0.25) is 0 Å². The third-order valence-corrected chi connectivity index (χ3v) is 4.02. The van der Waals surface area contributed by atoms with E-state index in [1.165, 1.54) is 0 Å². The molecule has 0 amide bonds. The highest BCUT2D eigenvalue weighted by Gasteiger charge is 2.17. The SMILES string of the molecule is C=CCC(Nc1cc(Cl)cc(Cl)c1I)C(=O)O. The summed E-state index contributed by atoms with van der Waals surface area (Å²) in [5, 5.41) is 12.8. The number of carboxylic acids is 1. The Balaban J connectivity index is 3.00. The first-order valence-electron chi connectivity index (χ1n) is 4.70. The van der Waals surface area contributed by atoms with Crippen molar-refractivity contribution in [3.63, 3.8) is 0 Å². The Bertz CT molecular complexity index is 451. The quantitative estimate of drug-likeness (QED) is 0.457. The minimum atomic E-state index is -0.947. The molecule has 0 radical (unpaired) electrons. The molecule has 0 aliphatic rings. The molecule has 0 saturated heterocycles. The molecular formula is C11H10Cl2INO2. The van der Waals surface area contributed by atoms with Crippen LogP contribution in [0.3, 0.4) is 0 Å². The molecule has 92 valence electrons. The lowest BCUT2D eigenvalue weighted by Crippen LogP contribution is -2.28. The number of halogens is 3. The first-order chi connectivity index (χ1) is 7.95. The summed E-state index contributed by atoms with van der Waals surface area (Å²) in [5.74, 6) is -0.947. The van der Waals surface area contributed by atoms with Crippen molar-refractivity contribution in [2.45, 2.75) is 12.5 Å². The van der Waals surface area contributed by atoms with E-state index in [2.05, 4.69) is 11.9 Å². The highest BCUT2D eigenvalue weighted by atomic mass is 127. The maximum absolute atomic E-state index is 11.0. The van der Waals surface area contributed by atoms with Crippen molar-refractivity contribution in [1.82, 2.24) is 0 Å². The second-order valence-electron chi connectivity index (χ2n) is 3.31. The fraction of sp³-hybridized carbons (Fsp3) is 0.182. The summed E-state index contributed by atoms with van der Waals surface area (Å²) >= 11 is 13.9. The first kappa shape index (κ1) is 14.6. The minimum Gasteiger partial charge on any atom is -0.480 e. The van der Waals surface area contributed by atoms with Gasteiger partial charge in [0.05, 0.1) is 14.3 Å². The predicted molar refractivity (Wildman–Crippen MR) is 79.0 cm³/mol. The molecule has 0 bridgehead atoms. The van der Waals surface area contributed by atoms with Crippen molar-refractivity contribution in [3.05, 3.63) is 38.4 Å². The number of carbonyl (C=O) groups is 1. The van der Waals surface area contributed by atoms with Gasteiger partial charge in [0.25, 0.3) is 0 Å². The Kier molecular flexibility index (Phi) is 5.55. The summed E-state index contributed by atoms with van der Waals surface area (Å²) < 4.78 is 0.740. The topological polar surface area (TPSA) is 49.3 Å². The molecule has 6 heteroatoms. The van der Waals surface area contributed by atoms with E-state index in [0.29, 0.717) is 22.2 Å². The van der Waals surface area contributed by atoms with Crippen LogP contribution in [0.5, 0.6) is 0 Å². The summed E-state index contributed by atoms with van der Waals surface area (Å²) in [6, 6.07) is 2.52. The van der Waals surface area contributed by atoms with Gasteiger partial charge in [-0.1, -0.05) is 29.3 Å². The van der Waals surface area contributed by atoms with E-state index in [-0.39, 0.29) is 0 Å². The van der Waals surface area contributed by atoms with Crippen LogP contribution in [-0.2, 0) is 4.79 Å². The van der Waals surface area contributed by atoms with Gasteiger partial charge in [0, 0.05) is 5.02 Å². The largest absolute Gasteiger partial charge is 0.480 e. The van der Waals surface area contributed by atoms with Crippen LogP contribution in [0.4, 0.5) is 5.69 Å². The molecule has 1 rings (SSSR count). The molecule has 0 aliphatic heterocycles. The van der Waals surface area contributed by atoms with Crippen molar-refractivity contribution >= 4 is 57.4 Å². The zero-order valence-corrected chi connectivity index (χ0v) is 12.4. The first-order valence-corrected chi connectivity index (χ1v) is 6.54. The Morgan fingerprint density at radius 3 is 2.76 bits per heavy atom. The highest BCUT2D eigenvalue weighted by Crippen LogP contribution is 2.31. The molecule has 1 unspecified atom stereocenters. The number of carboxylic acid groups (broad SMARTS) is 1. The van der Waals surface area contributed by atoms with Gasteiger partial charge < -0.3 is 10.4 Å². The van der Waals surface area contributed by atoms with Crippen LogP contribution >= 0.6 is 45.8 Å². The number of aliphatic carboxylic acids is 1. The van der Waals surface area contributed by atoms with Crippen molar-refractivity contribution in [3.8, 4) is 0 Å². The van der Waals surface area contributed by atoms with E-state index in [1.54, 1.807) is 18.2 Å². The Morgan fingerprint density at radius 1 is 1.59 bits per heavy atom. The molecule has 1 aromatic rings. The number of rotatable bonds is 5. The van der Waals surface area contributed by atoms with Crippen molar-refractivity contribution < 1.29 is 9.90 Å². The van der Waals surface area contributed by atoms with E-state index in [0.717, 1.165) is 3.57 Å². The fourth-order valence-electron chi connectivity index (χ4n) is 1.24. The monoisotopic (exact) mass is 385 g/mol. The van der Waals surface area contributed by atoms with Crippen LogP contribution < -0.4 is 5.32 Å². The standard InChI is InChI=1S/C11H10Cl2INO2/c1-2-3-8(11(16)17)15-9-5-6(12)4-7(13)10(9)14/h2,4-5,8,15H,1,3H2,(H,16,17). The third kappa shape index (κ3) is 4.04. The number of hydrogen-bond donors (Lipinski definition) is 2. The second kappa shape index (κ2) is 6.47. The summed E-state index contributed by atoms with van der Waals surface area (Å²) in [7, 11) is 0. The molecule has 1 atom stereocenters. The van der Waals surface area contributed by atoms with Gasteiger partial charge in [0.15, 0.2) is 0 Å². The van der Waals surface area contributed by atoms with Gasteiger partial charge in [-0.25, -0.2) is 4.79 Å². The predicted octanol–water partition coefficient (Wildman–Crippen LogP) is 4.04. The number of anilines is 1. The Morgan fingerprint density at radius 2 is 2.24 bits per heavy atom. The van der Waals surface area contributed by atoms with Gasteiger partial charge >= 0.3 is 5.97 Å². The fourth-order valence-corrected chi connectivity index (χ4v) is 2.20.